The van der Waals surface area contributed by atoms with Crippen LogP contribution in [-0.2, 0) is 4.79 Å². The SMILES string of the molecule is C[C@H]1C[C@@H](NC(=O)C(Nc2cc(F)cc(Cl)c2)C2CC2)CN(c2ncnc3[nH]ncc23)C1. The minimum Gasteiger partial charge on any atom is -0.373 e. The molecule has 3 atom stereocenters. The second-order valence-corrected chi connectivity index (χ2v) is 9.33. The van der Waals surface area contributed by atoms with Crippen molar-refractivity contribution in [3.8, 4) is 0 Å². The molecule has 10 heteroatoms. The fourth-order valence-corrected chi connectivity index (χ4v) is 4.79. The number of nitrogens with one attached hydrogen (secondary N) is 3. The predicted molar refractivity (Wildman–Crippen MR) is 121 cm³/mol. The molecule has 32 heavy (non-hydrogen) atoms. The zero-order valence-corrected chi connectivity index (χ0v) is 18.4. The quantitative estimate of drug-likeness (QED) is 0.525. The molecular weight excluding hydrogens is 433 g/mol. The lowest BCUT2D eigenvalue weighted by Crippen LogP contribution is -2.54. The molecule has 0 bridgehead atoms. The molecule has 3 N–H and O–H groups in total. The van der Waals surface area contributed by atoms with Gasteiger partial charge >= 0.3 is 0 Å². The summed E-state index contributed by atoms with van der Waals surface area (Å²) in [5, 5.41) is 14.6. The third-order valence-corrected chi connectivity index (χ3v) is 6.31. The highest BCUT2D eigenvalue weighted by Crippen LogP contribution is 2.35. The molecule has 2 aromatic heterocycles. The van der Waals surface area contributed by atoms with E-state index < -0.39 is 11.9 Å². The van der Waals surface area contributed by atoms with Crippen LogP contribution in [0.1, 0.15) is 26.2 Å². The van der Waals surface area contributed by atoms with E-state index in [1.165, 1.54) is 18.5 Å². The Morgan fingerprint density at radius 3 is 2.91 bits per heavy atom. The topological polar surface area (TPSA) is 98.8 Å². The van der Waals surface area contributed by atoms with Crippen molar-refractivity contribution < 1.29 is 9.18 Å². The van der Waals surface area contributed by atoms with Gasteiger partial charge in [-0.1, -0.05) is 18.5 Å². The van der Waals surface area contributed by atoms with Crippen LogP contribution in [0.25, 0.3) is 11.0 Å². The van der Waals surface area contributed by atoms with Crippen LogP contribution in [0.2, 0.25) is 5.02 Å². The summed E-state index contributed by atoms with van der Waals surface area (Å²) in [6.07, 6.45) is 6.08. The van der Waals surface area contributed by atoms with E-state index in [9.17, 15) is 9.18 Å². The Labute approximate surface area is 189 Å². The number of hydrogen-bond donors (Lipinski definition) is 3. The second kappa shape index (κ2) is 8.54. The van der Waals surface area contributed by atoms with Crippen LogP contribution in [0, 0.1) is 17.7 Å². The van der Waals surface area contributed by atoms with Crippen molar-refractivity contribution in [1.82, 2.24) is 25.5 Å². The summed E-state index contributed by atoms with van der Waals surface area (Å²) in [6, 6.07) is 3.81. The van der Waals surface area contributed by atoms with Crippen LogP contribution in [-0.4, -0.2) is 51.2 Å². The number of carbonyl (C=O) groups is 1. The highest BCUT2D eigenvalue weighted by atomic mass is 35.5. The molecule has 2 fully saturated rings. The van der Waals surface area contributed by atoms with E-state index >= 15 is 0 Å². The molecule has 3 heterocycles. The zero-order valence-electron chi connectivity index (χ0n) is 17.7. The zero-order chi connectivity index (χ0) is 22.2. The van der Waals surface area contributed by atoms with E-state index in [0.29, 0.717) is 28.8 Å². The first-order valence-corrected chi connectivity index (χ1v) is 11.3. The summed E-state index contributed by atoms with van der Waals surface area (Å²) in [5.41, 5.74) is 1.21. The maximum atomic E-state index is 13.8. The van der Waals surface area contributed by atoms with Gasteiger partial charge in [-0.3, -0.25) is 9.89 Å². The predicted octanol–water partition coefficient (Wildman–Crippen LogP) is 3.37. The van der Waals surface area contributed by atoms with Gasteiger partial charge in [-0.25, -0.2) is 14.4 Å². The summed E-state index contributed by atoms with van der Waals surface area (Å²) in [5.74, 6) is 0.938. The van der Waals surface area contributed by atoms with E-state index in [1.54, 1.807) is 12.3 Å². The normalized spacial score (nSPS) is 22.0. The molecule has 0 radical (unpaired) electrons. The number of H-pyrrole nitrogens is 1. The number of rotatable bonds is 6. The number of hydrogen-bond acceptors (Lipinski definition) is 6. The minimum atomic E-state index is -0.429. The average molecular weight is 458 g/mol. The van der Waals surface area contributed by atoms with Crippen molar-refractivity contribution >= 4 is 40.0 Å². The highest BCUT2D eigenvalue weighted by Gasteiger charge is 2.38. The number of nitrogens with zero attached hydrogens (tertiary/aromatic N) is 4. The van der Waals surface area contributed by atoms with E-state index in [0.717, 1.165) is 37.0 Å². The van der Waals surface area contributed by atoms with Crippen molar-refractivity contribution in [2.75, 3.05) is 23.3 Å². The van der Waals surface area contributed by atoms with Crippen LogP contribution >= 0.6 is 11.6 Å². The standard InChI is InChI=1S/C22H25ClFN7O/c1-12-4-17(10-31(9-12)21-18-8-27-30-20(18)25-11-26-21)29-22(32)19(13-2-3-13)28-16-6-14(23)5-15(24)7-16/h5-8,11-13,17,19,28H,2-4,9-10H2,1H3,(H,29,32)(H,25,26,27,30)/t12-,17+,19?/m0/s1. The molecular formula is C22H25ClFN7O. The molecule has 168 valence electrons. The number of piperidine rings is 1. The molecule has 1 aliphatic carbocycles. The molecule has 1 aliphatic heterocycles. The van der Waals surface area contributed by atoms with Gasteiger partial charge in [0.1, 0.15) is 24.0 Å². The van der Waals surface area contributed by atoms with Crippen LogP contribution in [0.5, 0.6) is 0 Å². The first-order chi connectivity index (χ1) is 15.5. The number of halogens is 2. The van der Waals surface area contributed by atoms with Gasteiger partial charge in [-0.15, -0.1) is 0 Å². The molecule has 0 spiro atoms. The molecule has 5 rings (SSSR count). The van der Waals surface area contributed by atoms with Crippen LogP contribution in [0.15, 0.2) is 30.7 Å². The van der Waals surface area contributed by atoms with Crippen molar-refractivity contribution in [3.05, 3.63) is 41.6 Å². The first-order valence-electron chi connectivity index (χ1n) is 10.9. The average Bonchev–Trinajstić information content (AvgIpc) is 3.46. The number of anilines is 2. The smallest absolute Gasteiger partial charge is 0.243 e. The molecule has 2 aliphatic rings. The van der Waals surface area contributed by atoms with E-state index in [-0.39, 0.29) is 17.9 Å². The summed E-state index contributed by atoms with van der Waals surface area (Å²) in [7, 11) is 0. The largest absolute Gasteiger partial charge is 0.373 e. The van der Waals surface area contributed by atoms with Crippen molar-refractivity contribution in [2.24, 2.45) is 11.8 Å². The number of aromatic nitrogens is 4. The van der Waals surface area contributed by atoms with Gasteiger partial charge in [0.25, 0.3) is 0 Å². The summed E-state index contributed by atoms with van der Waals surface area (Å²) in [6.45, 7) is 3.66. The third kappa shape index (κ3) is 4.48. The Kier molecular flexibility index (Phi) is 5.58. The molecule has 1 saturated carbocycles. The van der Waals surface area contributed by atoms with Crippen molar-refractivity contribution in [1.29, 1.82) is 0 Å². The Morgan fingerprint density at radius 1 is 1.28 bits per heavy atom. The maximum Gasteiger partial charge on any atom is 0.243 e. The molecule has 3 aromatic rings. The lowest BCUT2D eigenvalue weighted by atomic mass is 9.95. The minimum absolute atomic E-state index is 0.0256. The lowest BCUT2D eigenvalue weighted by molar-refractivity contribution is -0.123. The maximum absolute atomic E-state index is 13.8. The molecule has 1 amide bonds. The summed E-state index contributed by atoms with van der Waals surface area (Å²) >= 11 is 5.98. The van der Waals surface area contributed by atoms with E-state index in [4.69, 9.17) is 11.6 Å². The number of aromatic amines is 1. The fourth-order valence-electron chi connectivity index (χ4n) is 4.57. The van der Waals surface area contributed by atoms with Crippen LogP contribution in [0.4, 0.5) is 15.9 Å². The number of benzene rings is 1. The number of fused-ring (bicyclic) bond motifs is 1. The van der Waals surface area contributed by atoms with Crippen molar-refractivity contribution in [2.45, 2.75) is 38.3 Å². The van der Waals surface area contributed by atoms with E-state index in [1.807, 2.05) is 0 Å². The third-order valence-electron chi connectivity index (χ3n) is 6.09. The lowest BCUT2D eigenvalue weighted by Gasteiger charge is -2.38. The monoisotopic (exact) mass is 457 g/mol. The van der Waals surface area contributed by atoms with Gasteiger partial charge in [0.05, 0.1) is 11.6 Å². The fraction of sp³-hybridized carbons (Fsp3) is 0.455. The van der Waals surface area contributed by atoms with Gasteiger partial charge in [0.15, 0.2) is 5.65 Å². The molecule has 1 aromatic carbocycles. The first kappa shape index (κ1) is 20.9. The molecule has 8 nitrogen and oxygen atoms in total. The van der Waals surface area contributed by atoms with Crippen LogP contribution in [0.3, 0.4) is 0 Å². The Morgan fingerprint density at radius 2 is 2.12 bits per heavy atom. The number of carbonyl (C=O) groups excluding carboxylic acids is 1. The summed E-state index contributed by atoms with van der Waals surface area (Å²) in [4.78, 5) is 24.1. The molecule has 1 unspecified atom stereocenters. The van der Waals surface area contributed by atoms with Gasteiger partial charge < -0.3 is 15.5 Å². The Balaban J connectivity index is 1.30. The molecule has 1 saturated heterocycles. The van der Waals surface area contributed by atoms with Gasteiger partial charge in [0.2, 0.25) is 5.91 Å². The van der Waals surface area contributed by atoms with Gasteiger partial charge in [-0.05, 0) is 49.3 Å². The van der Waals surface area contributed by atoms with Crippen molar-refractivity contribution in [3.63, 3.8) is 0 Å². The second-order valence-electron chi connectivity index (χ2n) is 8.90. The van der Waals surface area contributed by atoms with Gasteiger partial charge in [0, 0.05) is 29.8 Å². The summed E-state index contributed by atoms with van der Waals surface area (Å²) < 4.78 is 13.8. The number of amides is 1. The van der Waals surface area contributed by atoms with Gasteiger partial charge in [-0.2, -0.15) is 5.10 Å². The van der Waals surface area contributed by atoms with E-state index in [2.05, 4.69) is 42.6 Å². The Bertz CT molecular complexity index is 1110. The highest BCUT2D eigenvalue weighted by molar-refractivity contribution is 6.30. The Hall–Kier alpha value is -2.94. The van der Waals surface area contributed by atoms with Crippen LogP contribution < -0.4 is 15.5 Å².